The van der Waals surface area contributed by atoms with Crippen molar-refractivity contribution in [1.29, 1.82) is 0 Å². The molecule has 4 rings (SSSR count). The van der Waals surface area contributed by atoms with E-state index in [1.165, 1.54) is 4.91 Å². The molecule has 3 aromatic rings. The molecule has 0 fully saturated rings. The molecule has 0 aliphatic carbocycles. The van der Waals surface area contributed by atoms with Gasteiger partial charge in [-0.25, -0.2) is 4.98 Å². The Bertz CT molecular complexity index is 1320. The number of anilines is 1. The van der Waals surface area contributed by atoms with Gasteiger partial charge in [0.1, 0.15) is 10.8 Å². The van der Waals surface area contributed by atoms with Gasteiger partial charge in [0, 0.05) is 16.0 Å². The van der Waals surface area contributed by atoms with Crippen molar-refractivity contribution in [3.8, 4) is 5.75 Å². The van der Waals surface area contributed by atoms with Gasteiger partial charge in [0.25, 0.3) is 0 Å². The number of hydrogen-bond acceptors (Lipinski definition) is 7. The molecule has 3 N–H and O–H groups in total. The molecule has 11 heteroatoms. The molecular weight excluding hydrogens is 506 g/mol. The van der Waals surface area contributed by atoms with Crippen molar-refractivity contribution in [2.75, 3.05) is 17.6 Å². The zero-order chi connectivity index (χ0) is 24.8. The summed E-state index contributed by atoms with van der Waals surface area (Å²) in [5.41, 5.74) is 2.74. The molecule has 35 heavy (non-hydrogen) atoms. The van der Waals surface area contributed by atoms with Crippen LogP contribution in [0.15, 0.2) is 60.0 Å². The highest BCUT2D eigenvalue weighted by Crippen LogP contribution is 2.36. The molecule has 0 spiro atoms. The smallest absolute Gasteiger partial charge is 0.357 e. The summed E-state index contributed by atoms with van der Waals surface area (Å²) in [5.74, 6) is 1.60. The minimum absolute atomic E-state index is 0.142. The summed E-state index contributed by atoms with van der Waals surface area (Å²) in [5, 5.41) is 6.03. The molecule has 8 nitrogen and oxygen atoms in total. The van der Waals surface area contributed by atoms with Gasteiger partial charge >= 0.3 is 10.3 Å². The molecule has 0 unspecified atom stereocenters. The van der Waals surface area contributed by atoms with Crippen molar-refractivity contribution in [3.05, 3.63) is 81.8 Å². The molecule has 1 aliphatic rings. The van der Waals surface area contributed by atoms with E-state index in [2.05, 4.69) is 11.4 Å². The summed E-state index contributed by atoms with van der Waals surface area (Å²) < 4.78 is 38.3. The van der Waals surface area contributed by atoms with Crippen LogP contribution in [0.2, 0.25) is 0 Å². The second-order valence-corrected chi connectivity index (χ2v) is 11.1. The zero-order valence-electron chi connectivity index (χ0n) is 18.9. The number of amides is 1. The van der Waals surface area contributed by atoms with Crippen LogP contribution in [-0.4, -0.2) is 36.7 Å². The van der Waals surface area contributed by atoms with E-state index in [4.69, 9.17) is 14.3 Å². The van der Waals surface area contributed by atoms with Gasteiger partial charge < -0.3 is 10.1 Å². The number of ether oxygens (including phenoxy) is 1. The van der Waals surface area contributed by atoms with E-state index in [1.807, 2.05) is 34.4 Å². The number of thioether (sulfide) groups is 1. The summed E-state index contributed by atoms with van der Waals surface area (Å²) in [6.07, 6.45) is 3.87. The van der Waals surface area contributed by atoms with Crippen molar-refractivity contribution in [1.82, 2.24) is 10.3 Å². The summed E-state index contributed by atoms with van der Waals surface area (Å²) in [7, 11) is -2.76. The molecule has 184 valence electrons. The zero-order valence-corrected chi connectivity index (χ0v) is 21.4. The molecule has 1 aliphatic heterocycles. The average Bonchev–Trinajstić information content (AvgIpc) is 3.51. The van der Waals surface area contributed by atoms with Crippen LogP contribution in [0.5, 0.6) is 5.75 Å². The van der Waals surface area contributed by atoms with Crippen LogP contribution < -0.4 is 14.8 Å². The van der Waals surface area contributed by atoms with Gasteiger partial charge in [0.15, 0.2) is 0 Å². The van der Waals surface area contributed by atoms with Crippen molar-refractivity contribution in [2.45, 2.75) is 25.3 Å². The van der Waals surface area contributed by atoms with E-state index in [-0.39, 0.29) is 24.1 Å². The first-order valence-corrected chi connectivity index (χ1v) is 14.1. The van der Waals surface area contributed by atoms with Crippen LogP contribution >= 0.6 is 23.1 Å². The standard InChI is InChI=1S/C24H25N3O5S3/c1-32-19-5-2-4-17(12-19)14-23(28)25-20(21-15-34-24(26-21)22-6-3-11-33-22)13-16-7-9-18(10-8-16)27-35(29,30)31/h2,4-10,12,15,20,27H,3,11,13-14H2,1H3,(H,25,28)(H,29,30,31)/t20-/m0/s1. The van der Waals surface area contributed by atoms with Gasteiger partial charge in [-0.2, -0.15) is 8.42 Å². The number of benzene rings is 2. The molecule has 0 saturated carbocycles. The third-order valence-electron chi connectivity index (χ3n) is 5.27. The first kappa shape index (κ1) is 25.2. The van der Waals surface area contributed by atoms with Crippen LogP contribution in [0.4, 0.5) is 5.69 Å². The highest BCUT2D eigenvalue weighted by molar-refractivity contribution is 8.08. The maximum absolute atomic E-state index is 13.0. The number of rotatable bonds is 10. The topological polar surface area (TPSA) is 118 Å². The predicted octanol–water partition coefficient (Wildman–Crippen LogP) is 4.49. The van der Waals surface area contributed by atoms with Gasteiger partial charge in [-0.3, -0.25) is 14.1 Å². The van der Waals surface area contributed by atoms with Gasteiger partial charge in [0.2, 0.25) is 5.91 Å². The van der Waals surface area contributed by atoms with E-state index in [1.54, 1.807) is 54.5 Å². The lowest BCUT2D eigenvalue weighted by molar-refractivity contribution is -0.121. The number of thiazole rings is 1. The van der Waals surface area contributed by atoms with Gasteiger partial charge in [-0.1, -0.05) is 30.3 Å². The van der Waals surface area contributed by atoms with Gasteiger partial charge in [-0.15, -0.1) is 23.1 Å². The molecule has 1 atom stereocenters. The molecule has 1 aromatic heterocycles. The third-order valence-corrected chi connectivity index (χ3v) is 7.90. The van der Waals surface area contributed by atoms with Crippen molar-refractivity contribution in [2.24, 2.45) is 0 Å². The number of methoxy groups -OCH3 is 1. The first-order valence-electron chi connectivity index (χ1n) is 10.8. The molecule has 1 amide bonds. The summed E-state index contributed by atoms with van der Waals surface area (Å²) >= 11 is 3.34. The van der Waals surface area contributed by atoms with E-state index >= 15 is 0 Å². The van der Waals surface area contributed by atoms with Crippen LogP contribution in [0.25, 0.3) is 4.91 Å². The van der Waals surface area contributed by atoms with Crippen LogP contribution in [-0.2, 0) is 27.9 Å². The Hall–Kier alpha value is -2.86. The lowest BCUT2D eigenvalue weighted by Crippen LogP contribution is -2.31. The fraction of sp³-hybridized carbons (Fsp3) is 0.250. The summed E-state index contributed by atoms with van der Waals surface area (Å²) in [6.45, 7) is 0. The van der Waals surface area contributed by atoms with E-state index in [0.717, 1.165) is 34.0 Å². The Balaban J connectivity index is 1.52. The highest BCUT2D eigenvalue weighted by Gasteiger charge is 2.21. The Morgan fingerprint density at radius 1 is 1.20 bits per heavy atom. The van der Waals surface area contributed by atoms with Gasteiger partial charge in [-0.05, 0) is 48.2 Å². The Kier molecular flexibility index (Phi) is 8.11. The number of aromatic nitrogens is 1. The minimum atomic E-state index is -4.34. The van der Waals surface area contributed by atoms with Crippen molar-refractivity contribution < 1.29 is 22.5 Å². The molecule has 2 aromatic carbocycles. The Morgan fingerprint density at radius 3 is 2.69 bits per heavy atom. The molecule has 0 bridgehead atoms. The first-order chi connectivity index (χ1) is 16.8. The Labute approximate surface area is 212 Å². The summed E-state index contributed by atoms with van der Waals surface area (Å²) in [4.78, 5) is 18.9. The number of carbonyl (C=O) groups is 1. The van der Waals surface area contributed by atoms with Crippen molar-refractivity contribution in [3.63, 3.8) is 0 Å². The summed E-state index contributed by atoms with van der Waals surface area (Å²) in [6, 6.07) is 13.6. The van der Waals surface area contributed by atoms with E-state index in [0.29, 0.717) is 12.2 Å². The quantitative estimate of drug-likeness (QED) is 0.330. The lowest BCUT2D eigenvalue weighted by Gasteiger charge is -2.18. The number of hydrogen-bond donors (Lipinski definition) is 3. The van der Waals surface area contributed by atoms with E-state index in [9.17, 15) is 13.2 Å². The monoisotopic (exact) mass is 531 g/mol. The van der Waals surface area contributed by atoms with Crippen LogP contribution in [0.3, 0.4) is 0 Å². The second-order valence-electron chi connectivity index (χ2n) is 7.91. The molecule has 2 heterocycles. The van der Waals surface area contributed by atoms with Crippen LogP contribution in [0, 0.1) is 0 Å². The third kappa shape index (κ3) is 7.31. The van der Waals surface area contributed by atoms with Crippen LogP contribution in [0.1, 0.15) is 34.3 Å². The highest BCUT2D eigenvalue weighted by atomic mass is 32.2. The number of allylic oxidation sites excluding steroid dienone is 1. The van der Waals surface area contributed by atoms with Gasteiger partial charge in [0.05, 0.1) is 31.0 Å². The lowest BCUT2D eigenvalue weighted by atomic mass is 10.0. The minimum Gasteiger partial charge on any atom is -0.497 e. The number of nitrogens with zero attached hydrogens (tertiary/aromatic N) is 1. The SMILES string of the molecule is COc1cccc(CC(=O)N[C@@H](Cc2ccc(NS(=O)(=O)O)cc2)c2csc(C3=CCCS3)n2)c1. The fourth-order valence-electron chi connectivity index (χ4n) is 3.66. The average molecular weight is 532 g/mol. The largest absolute Gasteiger partial charge is 0.497 e. The normalized spacial score (nSPS) is 14.3. The fourth-order valence-corrected chi connectivity index (χ4v) is 6.08. The predicted molar refractivity (Wildman–Crippen MR) is 140 cm³/mol. The molecule has 0 saturated heterocycles. The van der Waals surface area contributed by atoms with Crippen molar-refractivity contribution >= 4 is 49.9 Å². The number of carbonyl (C=O) groups excluding carboxylic acids is 1. The molecular formula is C24H25N3O5S3. The van der Waals surface area contributed by atoms with E-state index < -0.39 is 10.3 Å². The maximum Gasteiger partial charge on any atom is 0.357 e. The maximum atomic E-state index is 13.0. The number of nitrogens with one attached hydrogen (secondary N) is 2. The second kappa shape index (κ2) is 11.3. The molecule has 0 radical (unpaired) electrons. The Morgan fingerprint density at radius 2 is 2.00 bits per heavy atom.